The van der Waals surface area contributed by atoms with Crippen molar-refractivity contribution in [2.24, 2.45) is 0 Å². The van der Waals surface area contributed by atoms with Gasteiger partial charge in [-0.3, -0.25) is 9.59 Å². The van der Waals surface area contributed by atoms with Crippen LogP contribution in [0.5, 0.6) is 0 Å². The van der Waals surface area contributed by atoms with E-state index in [1.165, 1.54) is 11.8 Å². The summed E-state index contributed by atoms with van der Waals surface area (Å²) < 4.78 is 0. The zero-order valence-corrected chi connectivity index (χ0v) is 14.4. The number of rotatable bonds is 5. The zero-order chi connectivity index (χ0) is 16.2. The number of hydrogen-bond donors (Lipinski definition) is 1. The first kappa shape index (κ1) is 16.0. The molecule has 120 valence electrons. The molecule has 1 saturated heterocycles. The van der Waals surface area contributed by atoms with Gasteiger partial charge >= 0.3 is 0 Å². The quantitative estimate of drug-likeness (QED) is 0.897. The highest BCUT2D eigenvalue weighted by Crippen LogP contribution is 2.24. The summed E-state index contributed by atoms with van der Waals surface area (Å²) in [5.41, 5.74) is 2.65. The van der Waals surface area contributed by atoms with Gasteiger partial charge in [-0.25, -0.2) is 4.98 Å². The van der Waals surface area contributed by atoms with E-state index in [2.05, 4.69) is 10.3 Å². The van der Waals surface area contributed by atoms with E-state index in [9.17, 15) is 9.59 Å². The van der Waals surface area contributed by atoms with Crippen molar-refractivity contribution in [2.45, 2.75) is 13.3 Å². The van der Waals surface area contributed by atoms with E-state index in [1.807, 2.05) is 36.6 Å². The summed E-state index contributed by atoms with van der Waals surface area (Å²) in [6, 6.07) is 7.66. The topological polar surface area (TPSA) is 62.3 Å². The van der Waals surface area contributed by atoms with Crippen molar-refractivity contribution >= 4 is 39.9 Å². The third kappa shape index (κ3) is 4.11. The predicted molar refractivity (Wildman–Crippen MR) is 95.0 cm³/mol. The number of nitrogens with one attached hydrogen (secondary N) is 1. The highest BCUT2D eigenvalue weighted by molar-refractivity contribution is 8.13. The van der Waals surface area contributed by atoms with Gasteiger partial charge in [0.05, 0.1) is 10.7 Å². The number of nitrogens with zero attached hydrogens (tertiary/aromatic N) is 2. The number of aryl methyl sites for hydroxylation is 1. The normalized spacial score (nSPS) is 14.3. The summed E-state index contributed by atoms with van der Waals surface area (Å²) in [7, 11) is 0. The first-order valence-electron chi connectivity index (χ1n) is 7.36. The number of carbonyl (C=O) groups is 2. The first-order valence-corrected chi connectivity index (χ1v) is 9.22. The Morgan fingerprint density at radius 2 is 2.30 bits per heavy atom. The molecule has 1 aliphatic rings. The number of thiazole rings is 1. The fourth-order valence-electron chi connectivity index (χ4n) is 2.34. The summed E-state index contributed by atoms with van der Waals surface area (Å²) in [4.78, 5) is 29.7. The van der Waals surface area contributed by atoms with Gasteiger partial charge in [-0.1, -0.05) is 23.9 Å². The Hall–Kier alpha value is -1.86. The number of benzene rings is 1. The molecule has 2 amide bonds. The Kier molecular flexibility index (Phi) is 4.97. The van der Waals surface area contributed by atoms with Crippen LogP contribution in [0.4, 0.5) is 10.5 Å². The van der Waals surface area contributed by atoms with Crippen LogP contribution in [-0.4, -0.2) is 39.9 Å². The Labute approximate surface area is 143 Å². The van der Waals surface area contributed by atoms with Gasteiger partial charge < -0.3 is 10.2 Å². The number of carbonyl (C=O) groups excluding carboxylic acids is 2. The molecule has 0 spiro atoms. The highest BCUT2D eigenvalue weighted by atomic mass is 32.2. The van der Waals surface area contributed by atoms with Crippen LogP contribution in [0, 0.1) is 6.92 Å². The molecule has 3 rings (SSSR count). The lowest BCUT2D eigenvalue weighted by Gasteiger charge is -2.14. The predicted octanol–water partition coefficient (Wildman–Crippen LogP) is 3.62. The maximum atomic E-state index is 12.1. The van der Waals surface area contributed by atoms with Gasteiger partial charge in [0.2, 0.25) is 5.91 Å². The Bertz CT molecular complexity index is 730. The fourth-order valence-corrected chi connectivity index (χ4v) is 3.81. The molecule has 1 fully saturated rings. The lowest BCUT2D eigenvalue weighted by atomic mass is 10.1. The van der Waals surface area contributed by atoms with E-state index < -0.39 is 0 Å². The van der Waals surface area contributed by atoms with Crippen LogP contribution in [0.2, 0.25) is 0 Å². The van der Waals surface area contributed by atoms with Crippen molar-refractivity contribution in [3.05, 3.63) is 34.7 Å². The van der Waals surface area contributed by atoms with Crippen LogP contribution in [0.15, 0.2) is 29.6 Å². The maximum absolute atomic E-state index is 12.1. The van der Waals surface area contributed by atoms with E-state index in [0.717, 1.165) is 34.2 Å². The third-order valence-corrected chi connectivity index (χ3v) is 5.18. The molecule has 0 atom stereocenters. The van der Waals surface area contributed by atoms with Gasteiger partial charge in [-0.2, -0.15) is 0 Å². The third-order valence-electron chi connectivity index (χ3n) is 3.51. The number of thioether (sulfide) groups is 1. The summed E-state index contributed by atoms with van der Waals surface area (Å²) in [6.07, 6.45) is 0.312. The number of hydrogen-bond acceptors (Lipinski definition) is 5. The molecule has 1 aromatic carbocycles. The molecule has 2 heterocycles. The zero-order valence-electron chi connectivity index (χ0n) is 12.7. The number of amides is 2. The van der Waals surface area contributed by atoms with Crippen molar-refractivity contribution in [2.75, 3.05) is 24.2 Å². The first-order chi connectivity index (χ1) is 11.1. The minimum absolute atomic E-state index is 0.0682. The molecular weight excluding hydrogens is 330 g/mol. The van der Waals surface area contributed by atoms with Gasteiger partial charge in [0.25, 0.3) is 5.24 Å². The molecule has 1 N–H and O–H groups in total. The van der Waals surface area contributed by atoms with Crippen molar-refractivity contribution < 1.29 is 9.59 Å². The SMILES string of the molecule is Cc1nc(-c2cccc(NC(=O)CCN3CCSC3=O)c2)cs1. The van der Waals surface area contributed by atoms with Crippen LogP contribution in [0.1, 0.15) is 11.4 Å². The van der Waals surface area contributed by atoms with E-state index >= 15 is 0 Å². The van der Waals surface area contributed by atoms with Crippen molar-refractivity contribution in [1.29, 1.82) is 0 Å². The Balaban J connectivity index is 1.59. The minimum Gasteiger partial charge on any atom is -0.332 e. The summed E-state index contributed by atoms with van der Waals surface area (Å²) in [5.74, 6) is 0.733. The molecule has 2 aromatic rings. The van der Waals surface area contributed by atoms with E-state index in [-0.39, 0.29) is 11.1 Å². The van der Waals surface area contributed by atoms with Crippen molar-refractivity contribution in [3.63, 3.8) is 0 Å². The lowest BCUT2D eigenvalue weighted by Crippen LogP contribution is -2.27. The van der Waals surface area contributed by atoms with Crippen molar-refractivity contribution in [1.82, 2.24) is 9.88 Å². The standard InChI is InChI=1S/C16H17N3O2S2/c1-11-17-14(10-23-11)12-3-2-4-13(9-12)18-15(20)5-6-19-7-8-22-16(19)21/h2-4,9-10H,5-8H2,1H3,(H,18,20). The average molecular weight is 347 g/mol. The summed E-state index contributed by atoms with van der Waals surface area (Å²) in [6.45, 7) is 3.18. The van der Waals surface area contributed by atoms with Crippen LogP contribution >= 0.6 is 23.1 Å². The summed E-state index contributed by atoms with van der Waals surface area (Å²) >= 11 is 2.92. The molecule has 5 nitrogen and oxygen atoms in total. The smallest absolute Gasteiger partial charge is 0.281 e. The van der Waals surface area contributed by atoms with E-state index in [1.54, 1.807) is 16.2 Å². The number of anilines is 1. The van der Waals surface area contributed by atoms with Gasteiger partial charge in [0.1, 0.15) is 0 Å². The Morgan fingerprint density at radius 3 is 3.00 bits per heavy atom. The molecule has 0 bridgehead atoms. The van der Waals surface area contributed by atoms with Crippen LogP contribution in [-0.2, 0) is 4.79 Å². The second-order valence-corrected chi connectivity index (χ2v) is 7.34. The van der Waals surface area contributed by atoms with Crippen LogP contribution in [0.3, 0.4) is 0 Å². The second kappa shape index (κ2) is 7.14. The van der Waals surface area contributed by atoms with Gasteiger partial charge in [-0.15, -0.1) is 11.3 Å². The number of aromatic nitrogens is 1. The molecule has 0 aliphatic carbocycles. The fraction of sp³-hybridized carbons (Fsp3) is 0.312. The van der Waals surface area contributed by atoms with Crippen LogP contribution < -0.4 is 5.32 Å². The average Bonchev–Trinajstić information content (AvgIpc) is 3.14. The highest BCUT2D eigenvalue weighted by Gasteiger charge is 2.21. The summed E-state index contributed by atoms with van der Waals surface area (Å²) in [5, 5.41) is 5.98. The van der Waals surface area contributed by atoms with E-state index in [4.69, 9.17) is 0 Å². The van der Waals surface area contributed by atoms with E-state index in [0.29, 0.717) is 13.0 Å². The molecule has 7 heteroatoms. The molecule has 1 aliphatic heterocycles. The molecule has 0 saturated carbocycles. The molecule has 0 radical (unpaired) electrons. The molecule has 23 heavy (non-hydrogen) atoms. The monoisotopic (exact) mass is 347 g/mol. The maximum Gasteiger partial charge on any atom is 0.281 e. The minimum atomic E-state index is -0.0821. The lowest BCUT2D eigenvalue weighted by molar-refractivity contribution is -0.116. The Morgan fingerprint density at radius 1 is 1.43 bits per heavy atom. The largest absolute Gasteiger partial charge is 0.332 e. The molecule has 1 aromatic heterocycles. The second-order valence-electron chi connectivity index (χ2n) is 5.23. The van der Waals surface area contributed by atoms with Gasteiger partial charge in [0, 0.05) is 41.9 Å². The van der Waals surface area contributed by atoms with Crippen molar-refractivity contribution in [3.8, 4) is 11.3 Å². The van der Waals surface area contributed by atoms with Crippen LogP contribution in [0.25, 0.3) is 11.3 Å². The molecule has 0 unspecified atom stereocenters. The van der Waals surface area contributed by atoms with Gasteiger partial charge in [0.15, 0.2) is 0 Å². The molecular formula is C16H17N3O2S2. The van der Waals surface area contributed by atoms with Gasteiger partial charge in [-0.05, 0) is 19.1 Å².